The summed E-state index contributed by atoms with van der Waals surface area (Å²) in [5.41, 5.74) is 1.20. The molecule has 1 nitrogen and oxygen atoms in total. The minimum Gasteiger partial charge on any atom is -0.299 e. The van der Waals surface area contributed by atoms with E-state index in [1.165, 1.54) is 18.4 Å². The maximum absolute atomic E-state index is 12.9. The van der Waals surface area contributed by atoms with Crippen molar-refractivity contribution >= 4 is 5.78 Å². The molecule has 1 aliphatic carbocycles. The van der Waals surface area contributed by atoms with Gasteiger partial charge in [-0.25, -0.2) is 0 Å². The number of ketones is 1. The van der Waals surface area contributed by atoms with Gasteiger partial charge in [0, 0.05) is 11.8 Å². The van der Waals surface area contributed by atoms with Crippen molar-refractivity contribution in [2.24, 2.45) is 11.8 Å². The fraction of sp³-hybridized carbons (Fsp3) is 0.579. The summed E-state index contributed by atoms with van der Waals surface area (Å²) >= 11 is 0. The Kier molecular flexibility index (Phi) is 5.82. The number of hydrogen-bond donors (Lipinski definition) is 0. The van der Waals surface area contributed by atoms with Crippen LogP contribution in [-0.2, 0) is 4.79 Å². The molecular formula is C19H27O. The maximum atomic E-state index is 12.9. The first-order chi connectivity index (χ1) is 9.72. The van der Waals surface area contributed by atoms with Gasteiger partial charge in [0.05, 0.1) is 0 Å². The lowest BCUT2D eigenvalue weighted by Gasteiger charge is -2.28. The van der Waals surface area contributed by atoms with E-state index in [-0.39, 0.29) is 5.92 Å². The maximum Gasteiger partial charge on any atom is 0.143 e. The van der Waals surface area contributed by atoms with Gasteiger partial charge in [0.25, 0.3) is 0 Å². The van der Waals surface area contributed by atoms with Crippen molar-refractivity contribution in [3.05, 3.63) is 42.8 Å². The predicted molar refractivity (Wildman–Crippen MR) is 84.5 cm³/mol. The number of hydrogen-bond acceptors (Lipinski definition) is 1. The van der Waals surface area contributed by atoms with Crippen LogP contribution in [0.15, 0.2) is 30.3 Å². The van der Waals surface area contributed by atoms with Crippen LogP contribution < -0.4 is 0 Å². The molecular weight excluding hydrogens is 244 g/mol. The molecule has 0 heterocycles. The van der Waals surface area contributed by atoms with Gasteiger partial charge in [0.2, 0.25) is 0 Å². The second kappa shape index (κ2) is 7.61. The van der Waals surface area contributed by atoms with E-state index in [1.54, 1.807) is 0 Å². The molecule has 1 unspecified atom stereocenters. The van der Waals surface area contributed by atoms with Crippen LogP contribution in [0.2, 0.25) is 0 Å². The van der Waals surface area contributed by atoms with Gasteiger partial charge < -0.3 is 0 Å². The zero-order chi connectivity index (χ0) is 14.4. The van der Waals surface area contributed by atoms with Gasteiger partial charge in [-0.15, -0.1) is 0 Å². The Balaban J connectivity index is 2.08. The molecule has 0 N–H and O–H groups in total. The van der Waals surface area contributed by atoms with Crippen LogP contribution in [0, 0.1) is 18.8 Å². The van der Waals surface area contributed by atoms with Crippen molar-refractivity contribution in [3.8, 4) is 0 Å². The zero-order valence-corrected chi connectivity index (χ0v) is 12.7. The van der Waals surface area contributed by atoms with Gasteiger partial charge in [0.15, 0.2) is 0 Å². The lowest BCUT2D eigenvalue weighted by molar-refractivity contribution is -0.125. The number of Topliss-reactive ketones (excluding diaryl/α,β-unsaturated/α-hetero) is 1. The van der Waals surface area contributed by atoms with Crippen molar-refractivity contribution < 1.29 is 4.79 Å². The zero-order valence-electron chi connectivity index (χ0n) is 12.7. The van der Waals surface area contributed by atoms with Crippen LogP contribution >= 0.6 is 0 Å². The highest BCUT2D eigenvalue weighted by Gasteiger charge is 2.30. The largest absolute Gasteiger partial charge is 0.299 e. The molecule has 1 heteroatoms. The molecule has 0 aliphatic heterocycles. The number of benzene rings is 1. The number of unbranched alkanes of at least 4 members (excludes halogenated alkanes) is 1. The van der Waals surface area contributed by atoms with E-state index in [1.807, 2.05) is 18.2 Å². The Morgan fingerprint density at radius 1 is 1.20 bits per heavy atom. The smallest absolute Gasteiger partial charge is 0.143 e. The van der Waals surface area contributed by atoms with Gasteiger partial charge in [-0.3, -0.25) is 4.79 Å². The summed E-state index contributed by atoms with van der Waals surface area (Å²) in [6.07, 6.45) is 7.52. The SMILES string of the molecule is [CH2]CCCC(C(=O)C1CCC(C)CC1)c1ccccc1. The van der Waals surface area contributed by atoms with Crippen molar-refractivity contribution in [2.75, 3.05) is 0 Å². The monoisotopic (exact) mass is 271 g/mol. The highest BCUT2D eigenvalue weighted by Crippen LogP contribution is 2.34. The second-order valence-corrected chi connectivity index (χ2v) is 6.32. The molecule has 1 aliphatic rings. The number of carbonyl (C=O) groups is 1. The summed E-state index contributed by atoms with van der Waals surface area (Å²) in [4.78, 5) is 12.9. The van der Waals surface area contributed by atoms with E-state index in [0.717, 1.165) is 38.0 Å². The minimum atomic E-state index is 0.0938. The minimum absolute atomic E-state index is 0.0938. The normalized spacial score (nSPS) is 24.3. The summed E-state index contributed by atoms with van der Waals surface area (Å²) in [6.45, 7) is 6.23. The standard InChI is InChI=1S/C19H27O/c1-3-4-10-18(16-8-6-5-7-9-16)19(20)17-13-11-15(2)12-14-17/h5-9,15,17-18H,1,3-4,10-14H2,2H3. The molecule has 1 aromatic carbocycles. The highest BCUT2D eigenvalue weighted by molar-refractivity contribution is 5.87. The van der Waals surface area contributed by atoms with E-state index in [4.69, 9.17) is 0 Å². The summed E-state index contributed by atoms with van der Waals surface area (Å²) in [7, 11) is 0. The number of carbonyl (C=O) groups excluding carboxylic acids is 1. The molecule has 1 aromatic rings. The van der Waals surface area contributed by atoms with E-state index in [0.29, 0.717) is 11.7 Å². The van der Waals surface area contributed by atoms with Crippen LogP contribution in [0.1, 0.15) is 63.4 Å². The van der Waals surface area contributed by atoms with Crippen molar-refractivity contribution in [1.82, 2.24) is 0 Å². The van der Waals surface area contributed by atoms with Crippen molar-refractivity contribution in [3.63, 3.8) is 0 Å². The van der Waals surface area contributed by atoms with Crippen LogP contribution in [0.5, 0.6) is 0 Å². The molecule has 1 atom stereocenters. The van der Waals surface area contributed by atoms with Crippen LogP contribution in [-0.4, -0.2) is 5.78 Å². The summed E-state index contributed by atoms with van der Waals surface area (Å²) in [5.74, 6) is 1.67. The molecule has 1 fully saturated rings. The third-order valence-electron chi connectivity index (χ3n) is 4.71. The highest BCUT2D eigenvalue weighted by atomic mass is 16.1. The Morgan fingerprint density at radius 2 is 1.85 bits per heavy atom. The average Bonchev–Trinajstić information content (AvgIpc) is 2.49. The van der Waals surface area contributed by atoms with Gasteiger partial charge >= 0.3 is 0 Å². The summed E-state index contributed by atoms with van der Waals surface area (Å²) in [5, 5.41) is 0. The second-order valence-electron chi connectivity index (χ2n) is 6.32. The Bertz CT molecular complexity index is 401. The first kappa shape index (κ1) is 15.3. The lowest BCUT2D eigenvalue weighted by atomic mass is 9.75. The molecule has 1 radical (unpaired) electrons. The molecule has 0 amide bonds. The van der Waals surface area contributed by atoms with Crippen molar-refractivity contribution in [1.29, 1.82) is 0 Å². The molecule has 0 bridgehead atoms. The van der Waals surface area contributed by atoms with Crippen LogP contribution in [0.4, 0.5) is 0 Å². The van der Waals surface area contributed by atoms with Gasteiger partial charge in [-0.05, 0) is 30.7 Å². The molecule has 109 valence electrons. The molecule has 2 rings (SSSR count). The lowest BCUT2D eigenvalue weighted by Crippen LogP contribution is -2.26. The van der Waals surface area contributed by atoms with Gasteiger partial charge in [-0.1, -0.05) is 69.9 Å². The van der Waals surface area contributed by atoms with E-state index < -0.39 is 0 Å². The van der Waals surface area contributed by atoms with E-state index in [9.17, 15) is 4.79 Å². The Hall–Kier alpha value is -1.11. The molecule has 20 heavy (non-hydrogen) atoms. The number of rotatable bonds is 6. The molecule has 1 saturated carbocycles. The fourth-order valence-electron chi connectivity index (χ4n) is 3.34. The first-order valence-corrected chi connectivity index (χ1v) is 8.10. The topological polar surface area (TPSA) is 17.1 Å². The summed E-state index contributed by atoms with van der Waals surface area (Å²) in [6, 6.07) is 10.3. The van der Waals surface area contributed by atoms with Gasteiger partial charge in [-0.2, -0.15) is 0 Å². The fourth-order valence-corrected chi connectivity index (χ4v) is 3.34. The first-order valence-electron chi connectivity index (χ1n) is 8.10. The Labute approximate surface area is 123 Å². The van der Waals surface area contributed by atoms with Gasteiger partial charge in [0.1, 0.15) is 5.78 Å². The van der Waals surface area contributed by atoms with E-state index in [2.05, 4.69) is 26.0 Å². The van der Waals surface area contributed by atoms with Crippen LogP contribution in [0.25, 0.3) is 0 Å². The van der Waals surface area contributed by atoms with Crippen molar-refractivity contribution in [2.45, 2.75) is 57.8 Å². The average molecular weight is 271 g/mol. The molecule has 0 saturated heterocycles. The predicted octanol–water partition coefficient (Wildman–Crippen LogP) is 5.17. The Morgan fingerprint density at radius 3 is 2.45 bits per heavy atom. The quantitative estimate of drug-likeness (QED) is 0.697. The third-order valence-corrected chi connectivity index (χ3v) is 4.71. The van der Waals surface area contributed by atoms with Crippen LogP contribution in [0.3, 0.4) is 0 Å². The third kappa shape index (κ3) is 3.94. The molecule has 0 spiro atoms. The van der Waals surface area contributed by atoms with E-state index >= 15 is 0 Å². The molecule has 0 aromatic heterocycles. The summed E-state index contributed by atoms with van der Waals surface area (Å²) < 4.78 is 0.